The maximum Gasteiger partial charge on any atom is -0.0159 e. The lowest BCUT2D eigenvalue weighted by atomic mass is 9.63. The van der Waals surface area contributed by atoms with Gasteiger partial charge in [0.1, 0.15) is 0 Å². The summed E-state index contributed by atoms with van der Waals surface area (Å²) in [6, 6.07) is 7.60. The fourth-order valence-corrected chi connectivity index (χ4v) is 6.20. The lowest BCUT2D eigenvalue weighted by Gasteiger charge is -2.42. The molecule has 3 aliphatic carbocycles. The average Bonchev–Trinajstić information content (AvgIpc) is 2.67. The van der Waals surface area contributed by atoms with Gasteiger partial charge in [0.15, 0.2) is 0 Å². The molecule has 0 amide bonds. The van der Waals surface area contributed by atoms with Crippen LogP contribution in [0.15, 0.2) is 30.9 Å². The van der Waals surface area contributed by atoms with Crippen molar-refractivity contribution in [3.63, 3.8) is 0 Å². The van der Waals surface area contributed by atoms with Gasteiger partial charge in [0.2, 0.25) is 0 Å². The van der Waals surface area contributed by atoms with Crippen molar-refractivity contribution < 1.29 is 0 Å². The highest BCUT2D eigenvalue weighted by Gasteiger charge is 2.35. The predicted octanol–water partition coefficient (Wildman–Crippen LogP) is 7.08. The highest BCUT2D eigenvalue weighted by atomic mass is 14.4. The molecule has 5 atom stereocenters. The van der Waals surface area contributed by atoms with E-state index in [0.717, 1.165) is 29.6 Å². The van der Waals surface area contributed by atoms with Gasteiger partial charge in [-0.05, 0) is 104 Å². The first kappa shape index (κ1) is 17.4. The summed E-state index contributed by atoms with van der Waals surface area (Å²) in [5, 5.41) is 0. The van der Waals surface area contributed by atoms with Gasteiger partial charge in [-0.15, -0.1) is 6.58 Å². The molecule has 0 N–H and O–H groups in total. The van der Waals surface area contributed by atoms with E-state index in [1.54, 1.807) is 16.7 Å². The fraction of sp³-hybridized carbons (Fsp3) is 0.680. The summed E-state index contributed by atoms with van der Waals surface area (Å²) in [6.45, 7) is 6.37. The number of fused-ring (bicyclic) bond motifs is 2. The van der Waals surface area contributed by atoms with E-state index in [1.807, 2.05) is 0 Å². The molecule has 0 spiro atoms. The van der Waals surface area contributed by atoms with Crippen LogP contribution in [-0.4, -0.2) is 0 Å². The van der Waals surface area contributed by atoms with Gasteiger partial charge >= 0.3 is 0 Å². The van der Waals surface area contributed by atoms with Crippen molar-refractivity contribution in [1.29, 1.82) is 0 Å². The summed E-state index contributed by atoms with van der Waals surface area (Å²) in [7, 11) is 0. The molecular weight excluding hydrogens is 300 g/mol. The summed E-state index contributed by atoms with van der Waals surface area (Å²) in [4.78, 5) is 0. The van der Waals surface area contributed by atoms with E-state index in [4.69, 9.17) is 0 Å². The Kier molecular flexibility index (Phi) is 5.34. The molecule has 4 rings (SSSR count). The van der Waals surface area contributed by atoms with Gasteiger partial charge < -0.3 is 0 Å². The molecule has 3 aliphatic rings. The van der Waals surface area contributed by atoms with Gasteiger partial charge in [-0.25, -0.2) is 0 Å². The zero-order valence-corrected chi connectivity index (χ0v) is 16.2. The maximum atomic E-state index is 4.04. The monoisotopic (exact) mass is 336 g/mol. The zero-order chi connectivity index (χ0) is 17.2. The summed E-state index contributed by atoms with van der Waals surface area (Å²) in [5.41, 5.74) is 5.01. The van der Waals surface area contributed by atoms with Crippen LogP contribution in [0.5, 0.6) is 0 Å². The van der Waals surface area contributed by atoms with E-state index in [2.05, 4.69) is 37.8 Å². The van der Waals surface area contributed by atoms with Crippen molar-refractivity contribution in [3.05, 3.63) is 47.5 Å². The SMILES string of the molecule is C=CC1CCC2CC(c3ccc4c(c3)CCC(CCC)C4)CCC2C1. The lowest BCUT2D eigenvalue weighted by molar-refractivity contribution is 0.133. The van der Waals surface area contributed by atoms with E-state index >= 15 is 0 Å². The Bertz CT molecular complexity index is 598. The quantitative estimate of drug-likeness (QED) is 0.515. The van der Waals surface area contributed by atoms with Crippen molar-refractivity contribution >= 4 is 0 Å². The van der Waals surface area contributed by atoms with Crippen LogP contribution in [0.1, 0.15) is 87.3 Å². The first-order chi connectivity index (χ1) is 12.3. The third kappa shape index (κ3) is 3.74. The molecule has 0 saturated heterocycles. The molecular formula is C25H36. The van der Waals surface area contributed by atoms with Crippen molar-refractivity contribution in [1.82, 2.24) is 0 Å². The Balaban J connectivity index is 1.42. The Morgan fingerprint density at radius 2 is 1.84 bits per heavy atom. The molecule has 0 nitrogen and oxygen atoms in total. The highest BCUT2D eigenvalue weighted by Crippen LogP contribution is 2.48. The van der Waals surface area contributed by atoms with Gasteiger partial charge in [0.25, 0.3) is 0 Å². The molecule has 5 unspecified atom stereocenters. The molecule has 0 bridgehead atoms. The third-order valence-corrected chi connectivity index (χ3v) is 7.72. The molecule has 0 heteroatoms. The van der Waals surface area contributed by atoms with Crippen LogP contribution < -0.4 is 0 Å². The molecule has 0 radical (unpaired) electrons. The largest absolute Gasteiger partial charge is 0.103 e. The van der Waals surface area contributed by atoms with Gasteiger partial charge in [0.05, 0.1) is 0 Å². The molecule has 0 heterocycles. The van der Waals surface area contributed by atoms with Crippen LogP contribution in [0.3, 0.4) is 0 Å². The minimum atomic E-state index is 0.803. The molecule has 2 saturated carbocycles. The normalized spacial score (nSPS) is 34.8. The number of rotatable bonds is 4. The van der Waals surface area contributed by atoms with Crippen molar-refractivity contribution in [2.24, 2.45) is 23.7 Å². The van der Waals surface area contributed by atoms with Crippen LogP contribution in [0.2, 0.25) is 0 Å². The average molecular weight is 337 g/mol. The van der Waals surface area contributed by atoms with Crippen LogP contribution in [0.4, 0.5) is 0 Å². The first-order valence-corrected chi connectivity index (χ1v) is 11.0. The summed E-state index contributed by atoms with van der Waals surface area (Å²) in [5.74, 6) is 4.55. The van der Waals surface area contributed by atoms with Crippen LogP contribution >= 0.6 is 0 Å². The predicted molar refractivity (Wildman–Crippen MR) is 108 cm³/mol. The second-order valence-electron chi connectivity index (χ2n) is 9.26. The first-order valence-electron chi connectivity index (χ1n) is 11.0. The Morgan fingerprint density at radius 1 is 1.00 bits per heavy atom. The Hall–Kier alpha value is -1.04. The van der Waals surface area contributed by atoms with Crippen molar-refractivity contribution in [3.8, 4) is 0 Å². The number of hydrogen-bond donors (Lipinski definition) is 0. The van der Waals surface area contributed by atoms with Gasteiger partial charge in [-0.3, -0.25) is 0 Å². The Morgan fingerprint density at radius 3 is 2.68 bits per heavy atom. The lowest BCUT2D eigenvalue weighted by Crippen LogP contribution is -2.30. The standard InChI is InChI=1S/C25H36/c1-3-5-19-7-9-23-17-25(13-11-21(23)15-19)24-12-10-20-14-18(4-2)6-8-22(20)16-24/h4,11,13,17-20,22,24H,2-3,5-10,12,14-16H2,1H3. The van der Waals surface area contributed by atoms with E-state index < -0.39 is 0 Å². The summed E-state index contributed by atoms with van der Waals surface area (Å²) in [6.07, 6.45) is 17.6. The molecule has 25 heavy (non-hydrogen) atoms. The van der Waals surface area contributed by atoms with Gasteiger partial charge in [-0.1, -0.05) is 44.0 Å². The molecule has 0 aromatic heterocycles. The van der Waals surface area contributed by atoms with Gasteiger partial charge in [-0.2, -0.15) is 0 Å². The van der Waals surface area contributed by atoms with Crippen molar-refractivity contribution in [2.75, 3.05) is 0 Å². The topological polar surface area (TPSA) is 0 Å². The molecule has 1 aromatic carbocycles. The van der Waals surface area contributed by atoms with Gasteiger partial charge in [0, 0.05) is 0 Å². The summed E-state index contributed by atoms with van der Waals surface area (Å²) < 4.78 is 0. The highest BCUT2D eigenvalue weighted by molar-refractivity contribution is 5.36. The number of hydrogen-bond acceptors (Lipinski definition) is 0. The number of benzene rings is 1. The summed E-state index contributed by atoms with van der Waals surface area (Å²) >= 11 is 0. The second kappa shape index (κ2) is 7.68. The molecule has 0 aliphatic heterocycles. The second-order valence-corrected chi connectivity index (χ2v) is 9.26. The van der Waals surface area contributed by atoms with E-state index in [9.17, 15) is 0 Å². The van der Waals surface area contributed by atoms with E-state index in [1.165, 1.54) is 70.6 Å². The Labute approximate surface area is 155 Å². The number of aryl methyl sites for hydroxylation is 1. The molecule has 136 valence electrons. The van der Waals surface area contributed by atoms with E-state index in [-0.39, 0.29) is 0 Å². The minimum absolute atomic E-state index is 0.803. The zero-order valence-electron chi connectivity index (χ0n) is 16.2. The van der Waals surface area contributed by atoms with Crippen LogP contribution in [0, 0.1) is 23.7 Å². The molecule has 1 aromatic rings. The molecule has 2 fully saturated rings. The maximum absolute atomic E-state index is 4.04. The van der Waals surface area contributed by atoms with Crippen molar-refractivity contribution in [2.45, 2.75) is 83.5 Å². The number of allylic oxidation sites excluding steroid dienone is 1. The van der Waals surface area contributed by atoms with Crippen LogP contribution in [-0.2, 0) is 12.8 Å². The minimum Gasteiger partial charge on any atom is -0.103 e. The van der Waals surface area contributed by atoms with E-state index in [0.29, 0.717) is 0 Å². The smallest absolute Gasteiger partial charge is 0.0159 e. The fourth-order valence-electron chi connectivity index (χ4n) is 6.20. The van der Waals surface area contributed by atoms with Crippen LogP contribution in [0.25, 0.3) is 0 Å². The third-order valence-electron chi connectivity index (χ3n) is 7.72.